The molecule has 0 bridgehead atoms. The number of carbonyl (C=O) groups excluding carboxylic acids is 1. The van der Waals surface area contributed by atoms with E-state index in [9.17, 15) is 22.9 Å². The SMILES string of the molecule is CCOc1cc(NC(=O)c2cc3ccccc3c(N=Nc3c(S(=O)(=O)O)ccc(Cl)c3C)c2O)ccc1Cl. The van der Waals surface area contributed by atoms with Gasteiger partial charge in [-0.25, -0.2) is 0 Å². The van der Waals surface area contributed by atoms with Crippen LogP contribution in [0, 0.1) is 6.92 Å². The van der Waals surface area contributed by atoms with Gasteiger partial charge in [-0.1, -0.05) is 47.5 Å². The molecule has 0 saturated carbocycles. The Morgan fingerprint density at radius 3 is 2.39 bits per heavy atom. The van der Waals surface area contributed by atoms with Crippen LogP contribution in [0.5, 0.6) is 11.5 Å². The van der Waals surface area contributed by atoms with Crippen LogP contribution in [0.4, 0.5) is 17.1 Å². The van der Waals surface area contributed by atoms with Crippen molar-refractivity contribution in [2.24, 2.45) is 10.2 Å². The fourth-order valence-electron chi connectivity index (χ4n) is 3.72. The van der Waals surface area contributed by atoms with Crippen LogP contribution >= 0.6 is 23.2 Å². The largest absolute Gasteiger partial charge is 0.505 e. The van der Waals surface area contributed by atoms with Gasteiger partial charge >= 0.3 is 0 Å². The number of anilines is 1. The second kappa shape index (κ2) is 11.0. The first-order valence-corrected chi connectivity index (χ1v) is 13.4. The van der Waals surface area contributed by atoms with Crippen molar-refractivity contribution >= 4 is 67.1 Å². The van der Waals surface area contributed by atoms with Gasteiger partial charge in [-0.05, 0) is 55.1 Å². The first kappa shape index (κ1) is 27.3. The number of hydrogen-bond donors (Lipinski definition) is 3. The van der Waals surface area contributed by atoms with Crippen LogP contribution in [0.2, 0.25) is 10.0 Å². The number of nitrogens with one attached hydrogen (secondary N) is 1. The Balaban J connectivity index is 1.82. The number of phenolic OH excluding ortho intramolecular Hbond substituents is 1. The zero-order valence-electron chi connectivity index (χ0n) is 20.1. The molecular weight excluding hydrogens is 553 g/mol. The molecule has 38 heavy (non-hydrogen) atoms. The van der Waals surface area contributed by atoms with Gasteiger partial charge in [0.2, 0.25) is 0 Å². The fraction of sp³-hybridized carbons (Fsp3) is 0.115. The molecule has 4 aromatic carbocycles. The van der Waals surface area contributed by atoms with Crippen molar-refractivity contribution in [1.82, 2.24) is 0 Å². The zero-order chi connectivity index (χ0) is 27.6. The Hall–Kier alpha value is -3.70. The number of fused-ring (bicyclic) bond motifs is 1. The second-order valence-electron chi connectivity index (χ2n) is 8.07. The summed E-state index contributed by atoms with van der Waals surface area (Å²) in [7, 11) is -4.66. The van der Waals surface area contributed by atoms with Gasteiger partial charge in [0.1, 0.15) is 22.0 Å². The minimum atomic E-state index is -4.66. The third kappa shape index (κ3) is 5.58. The number of amides is 1. The molecular formula is C26H21Cl2N3O6S. The van der Waals surface area contributed by atoms with Crippen molar-refractivity contribution in [1.29, 1.82) is 0 Å². The van der Waals surface area contributed by atoms with Gasteiger partial charge in [0.05, 0.1) is 17.2 Å². The Morgan fingerprint density at radius 2 is 1.68 bits per heavy atom. The maximum Gasteiger partial charge on any atom is 0.296 e. The lowest BCUT2D eigenvalue weighted by atomic mass is 10.0. The van der Waals surface area contributed by atoms with Gasteiger partial charge in [-0.3, -0.25) is 9.35 Å². The Morgan fingerprint density at radius 1 is 1.00 bits per heavy atom. The van der Waals surface area contributed by atoms with Crippen LogP contribution in [0.3, 0.4) is 0 Å². The quantitative estimate of drug-likeness (QED) is 0.155. The van der Waals surface area contributed by atoms with Crippen molar-refractivity contribution in [2.45, 2.75) is 18.7 Å². The molecule has 3 N–H and O–H groups in total. The van der Waals surface area contributed by atoms with Gasteiger partial charge in [0.15, 0.2) is 5.75 Å². The van der Waals surface area contributed by atoms with Gasteiger partial charge in [0.25, 0.3) is 16.0 Å². The summed E-state index contributed by atoms with van der Waals surface area (Å²) in [6.07, 6.45) is 0. The standard InChI is InChI=1S/C26H21Cl2N3O6S/c1-3-37-21-13-16(8-9-20(21)28)29-26(33)18-12-15-6-4-5-7-17(15)24(25(18)32)31-30-23-14(2)19(27)10-11-22(23)38(34,35)36/h4-13,32H,3H2,1-2H3,(H,29,33)(H,34,35,36). The Bertz CT molecular complexity index is 1710. The maximum absolute atomic E-state index is 13.2. The minimum absolute atomic E-state index is 0.0833. The van der Waals surface area contributed by atoms with E-state index in [1.807, 2.05) is 0 Å². The summed E-state index contributed by atoms with van der Waals surface area (Å²) in [5.41, 5.74) is 0.230. The molecule has 0 heterocycles. The van der Waals surface area contributed by atoms with Gasteiger partial charge in [-0.15, -0.1) is 10.2 Å². The normalized spacial score (nSPS) is 11.7. The topological polar surface area (TPSA) is 138 Å². The molecule has 0 radical (unpaired) electrons. The van der Waals surface area contributed by atoms with Gasteiger partial charge < -0.3 is 15.2 Å². The van der Waals surface area contributed by atoms with Crippen LogP contribution in [0.1, 0.15) is 22.8 Å². The molecule has 0 unspecified atom stereocenters. The molecule has 4 rings (SSSR count). The van der Waals surface area contributed by atoms with Crippen LogP contribution in [-0.2, 0) is 10.1 Å². The van der Waals surface area contributed by atoms with Crippen molar-refractivity contribution in [3.8, 4) is 11.5 Å². The van der Waals surface area contributed by atoms with Gasteiger partial charge in [0, 0.05) is 22.2 Å². The average molecular weight is 574 g/mol. The predicted molar refractivity (Wildman–Crippen MR) is 146 cm³/mol. The summed E-state index contributed by atoms with van der Waals surface area (Å²) in [5, 5.41) is 23.5. The number of benzene rings is 4. The van der Waals surface area contributed by atoms with Crippen molar-refractivity contribution in [3.05, 3.63) is 81.8 Å². The number of hydrogen-bond acceptors (Lipinski definition) is 7. The summed E-state index contributed by atoms with van der Waals surface area (Å²) < 4.78 is 38.9. The number of nitrogens with zero attached hydrogens (tertiary/aromatic N) is 2. The molecule has 0 atom stereocenters. The molecule has 12 heteroatoms. The molecule has 0 saturated heterocycles. The second-order valence-corrected chi connectivity index (χ2v) is 10.3. The smallest absolute Gasteiger partial charge is 0.296 e. The first-order valence-electron chi connectivity index (χ1n) is 11.2. The van der Waals surface area contributed by atoms with E-state index in [0.29, 0.717) is 33.8 Å². The molecule has 9 nitrogen and oxygen atoms in total. The average Bonchev–Trinajstić information content (AvgIpc) is 2.86. The molecule has 0 aliphatic carbocycles. The van der Waals surface area contributed by atoms with E-state index < -0.39 is 26.7 Å². The lowest BCUT2D eigenvalue weighted by Gasteiger charge is -2.13. The molecule has 0 aliphatic heterocycles. The highest BCUT2D eigenvalue weighted by Crippen LogP contribution is 2.41. The fourth-order valence-corrected chi connectivity index (χ4v) is 4.72. The number of ether oxygens (including phenoxy) is 1. The van der Waals surface area contributed by atoms with Crippen LogP contribution in [-0.4, -0.2) is 30.6 Å². The third-order valence-electron chi connectivity index (χ3n) is 5.58. The van der Waals surface area contributed by atoms with E-state index >= 15 is 0 Å². The number of carbonyl (C=O) groups is 1. The van der Waals surface area contributed by atoms with E-state index in [1.165, 1.54) is 19.1 Å². The molecule has 196 valence electrons. The molecule has 0 aromatic heterocycles. The highest BCUT2D eigenvalue weighted by Gasteiger charge is 2.22. The molecule has 0 aliphatic rings. The molecule has 0 spiro atoms. The number of halogens is 2. The minimum Gasteiger partial charge on any atom is -0.505 e. The van der Waals surface area contributed by atoms with Crippen LogP contribution in [0.25, 0.3) is 10.8 Å². The summed E-state index contributed by atoms with van der Waals surface area (Å²) in [6.45, 7) is 3.69. The van der Waals surface area contributed by atoms with Crippen molar-refractivity contribution in [3.63, 3.8) is 0 Å². The zero-order valence-corrected chi connectivity index (χ0v) is 22.4. The van der Waals surface area contributed by atoms with Crippen molar-refractivity contribution < 1.29 is 27.6 Å². The predicted octanol–water partition coefficient (Wildman–Crippen LogP) is 7.47. The highest BCUT2D eigenvalue weighted by atomic mass is 35.5. The maximum atomic E-state index is 13.2. The monoisotopic (exact) mass is 573 g/mol. The lowest BCUT2D eigenvalue weighted by molar-refractivity contribution is 0.102. The van der Waals surface area contributed by atoms with Crippen LogP contribution in [0.15, 0.2) is 75.8 Å². The molecule has 4 aromatic rings. The van der Waals surface area contributed by atoms with Gasteiger partial charge in [-0.2, -0.15) is 8.42 Å². The number of phenols is 1. The number of aromatic hydroxyl groups is 1. The lowest BCUT2D eigenvalue weighted by Crippen LogP contribution is -2.12. The van der Waals surface area contributed by atoms with E-state index in [1.54, 1.807) is 49.4 Å². The first-order chi connectivity index (χ1) is 18.0. The summed E-state index contributed by atoms with van der Waals surface area (Å²) in [4.78, 5) is 12.7. The summed E-state index contributed by atoms with van der Waals surface area (Å²) in [5.74, 6) is -0.750. The highest BCUT2D eigenvalue weighted by molar-refractivity contribution is 7.86. The van der Waals surface area contributed by atoms with Crippen LogP contribution < -0.4 is 10.1 Å². The third-order valence-corrected chi connectivity index (χ3v) is 7.19. The molecule has 1 amide bonds. The Kier molecular flexibility index (Phi) is 7.89. The molecule has 0 fully saturated rings. The van der Waals surface area contributed by atoms with E-state index in [2.05, 4.69) is 15.5 Å². The number of azo groups is 1. The Labute approximate surface area is 228 Å². The summed E-state index contributed by atoms with van der Waals surface area (Å²) in [6, 6.07) is 15.4. The van der Waals surface area contributed by atoms with E-state index in [4.69, 9.17) is 27.9 Å². The van der Waals surface area contributed by atoms with E-state index in [0.717, 1.165) is 6.07 Å². The summed E-state index contributed by atoms with van der Waals surface area (Å²) >= 11 is 12.3. The van der Waals surface area contributed by atoms with E-state index in [-0.39, 0.29) is 27.5 Å². The number of rotatable bonds is 7. The van der Waals surface area contributed by atoms with Crippen molar-refractivity contribution in [2.75, 3.05) is 11.9 Å².